The summed E-state index contributed by atoms with van der Waals surface area (Å²) < 4.78 is 1.42. The highest BCUT2D eigenvalue weighted by Crippen LogP contribution is 2.15. The molecule has 0 radical (unpaired) electrons. The monoisotopic (exact) mass is 280 g/mol. The van der Waals surface area contributed by atoms with E-state index in [1.54, 1.807) is 12.1 Å². The van der Waals surface area contributed by atoms with Crippen LogP contribution in [0.2, 0.25) is 0 Å². The number of hydrogen-bond donors (Lipinski definition) is 1. The van der Waals surface area contributed by atoms with Gasteiger partial charge in [0, 0.05) is 23.8 Å². The number of nitrogens with zero attached hydrogens (tertiary/aromatic N) is 4. The van der Waals surface area contributed by atoms with Crippen LogP contribution < -0.4 is 0 Å². The molecule has 21 heavy (non-hydrogen) atoms. The molecule has 7 heteroatoms. The van der Waals surface area contributed by atoms with Gasteiger partial charge in [0.05, 0.1) is 17.3 Å². The summed E-state index contributed by atoms with van der Waals surface area (Å²) in [7, 11) is 0. The first-order valence-electron chi connectivity index (χ1n) is 5.93. The minimum Gasteiger partial charge on any atom is -0.504 e. The zero-order chi connectivity index (χ0) is 14.8. The summed E-state index contributed by atoms with van der Waals surface area (Å²) >= 11 is 0. The summed E-state index contributed by atoms with van der Waals surface area (Å²) in [6.07, 6.45) is 2.95. The van der Waals surface area contributed by atoms with E-state index >= 15 is 0 Å². The van der Waals surface area contributed by atoms with Gasteiger partial charge in [-0.05, 0) is 18.1 Å². The van der Waals surface area contributed by atoms with Gasteiger partial charge in [-0.2, -0.15) is 5.10 Å². The van der Waals surface area contributed by atoms with Gasteiger partial charge in [0.25, 0.3) is 5.69 Å². The van der Waals surface area contributed by atoms with E-state index in [0.717, 1.165) is 0 Å². The van der Waals surface area contributed by atoms with Crippen LogP contribution in [0.4, 0.5) is 5.69 Å². The highest BCUT2D eigenvalue weighted by atomic mass is 16.6. The first-order valence-corrected chi connectivity index (χ1v) is 5.93. The first-order chi connectivity index (χ1) is 10.1. The van der Waals surface area contributed by atoms with Crippen LogP contribution >= 0.6 is 0 Å². The standard InChI is InChI=1S/C14H8N4O3/c19-13-7-8-16-17-12(9-15-14(13)17)6-3-10-1-4-11(5-2-10)18(20)21/h1-2,4-5,7-9,19H. The van der Waals surface area contributed by atoms with Crippen molar-refractivity contribution in [2.24, 2.45) is 0 Å². The molecule has 3 aromatic rings. The fourth-order valence-electron chi connectivity index (χ4n) is 1.77. The minimum absolute atomic E-state index is 0.0157. The van der Waals surface area contributed by atoms with Crippen LogP contribution in [0.1, 0.15) is 11.3 Å². The number of fused-ring (bicyclic) bond motifs is 1. The van der Waals surface area contributed by atoms with Crippen molar-refractivity contribution in [1.29, 1.82) is 0 Å². The first kappa shape index (κ1) is 12.6. The maximum absolute atomic E-state index is 10.6. The Morgan fingerprint density at radius 1 is 1.19 bits per heavy atom. The third-order valence-corrected chi connectivity index (χ3v) is 2.79. The number of nitro groups is 1. The average molecular weight is 280 g/mol. The van der Waals surface area contributed by atoms with Gasteiger partial charge in [0.2, 0.25) is 0 Å². The molecular formula is C14H8N4O3. The SMILES string of the molecule is O=[N+]([O-])c1ccc(C#Cc2cnc3c(O)ccnn23)cc1. The summed E-state index contributed by atoms with van der Waals surface area (Å²) in [6, 6.07) is 7.36. The normalized spacial score (nSPS) is 10.1. The Hall–Kier alpha value is -3.40. The number of aromatic hydroxyl groups is 1. The van der Waals surface area contributed by atoms with Gasteiger partial charge < -0.3 is 5.11 Å². The van der Waals surface area contributed by atoms with E-state index in [4.69, 9.17) is 0 Å². The Morgan fingerprint density at radius 3 is 2.67 bits per heavy atom. The van der Waals surface area contributed by atoms with E-state index in [-0.39, 0.29) is 11.4 Å². The quantitative estimate of drug-likeness (QED) is 0.416. The number of nitro benzene ring substituents is 1. The molecule has 0 unspecified atom stereocenters. The fourth-order valence-corrected chi connectivity index (χ4v) is 1.77. The maximum atomic E-state index is 10.6. The molecule has 2 heterocycles. The van der Waals surface area contributed by atoms with E-state index in [2.05, 4.69) is 21.9 Å². The summed E-state index contributed by atoms with van der Waals surface area (Å²) in [5, 5.41) is 24.2. The number of imidazole rings is 1. The van der Waals surface area contributed by atoms with Crippen molar-refractivity contribution in [3.63, 3.8) is 0 Å². The molecule has 0 saturated heterocycles. The van der Waals surface area contributed by atoms with Crippen molar-refractivity contribution in [2.75, 3.05) is 0 Å². The summed E-state index contributed by atoms with van der Waals surface area (Å²) in [5.74, 6) is 5.76. The van der Waals surface area contributed by atoms with Crippen LogP contribution in [-0.4, -0.2) is 24.6 Å². The lowest BCUT2D eigenvalue weighted by Crippen LogP contribution is -1.93. The van der Waals surface area contributed by atoms with Gasteiger partial charge in [-0.3, -0.25) is 10.1 Å². The molecule has 0 aliphatic carbocycles. The fraction of sp³-hybridized carbons (Fsp3) is 0. The van der Waals surface area contributed by atoms with Crippen LogP contribution in [-0.2, 0) is 0 Å². The van der Waals surface area contributed by atoms with Crippen molar-refractivity contribution in [2.45, 2.75) is 0 Å². The number of rotatable bonds is 1. The Morgan fingerprint density at radius 2 is 1.95 bits per heavy atom. The molecule has 0 amide bonds. The Balaban J connectivity index is 1.96. The molecule has 0 aliphatic heterocycles. The van der Waals surface area contributed by atoms with Crippen LogP contribution in [0.5, 0.6) is 5.75 Å². The maximum Gasteiger partial charge on any atom is 0.269 e. The van der Waals surface area contributed by atoms with Gasteiger partial charge in [-0.1, -0.05) is 5.92 Å². The summed E-state index contributed by atoms with van der Waals surface area (Å²) in [5.41, 5.74) is 1.49. The van der Waals surface area contributed by atoms with Gasteiger partial charge >= 0.3 is 0 Å². The molecule has 1 N–H and O–H groups in total. The number of hydrogen-bond acceptors (Lipinski definition) is 5. The number of non-ortho nitro benzene ring substituents is 1. The molecular weight excluding hydrogens is 272 g/mol. The zero-order valence-corrected chi connectivity index (χ0v) is 10.6. The molecule has 0 bridgehead atoms. The Kier molecular flexibility index (Phi) is 2.97. The number of aromatic nitrogens is 3. The van der Waals surface area contributed by atoms with E-state index in [1.165, 1.54) is 35.1 Å². The molecule has 0 aliphatic rings. The largest absolute Gasteiger partial charge is 0.504 e. The average Bonchev–Trinajstić information content (AvgIpc) is 2.90. The van der Waals surface area contributed by atoms with Crippen LogP contribution in [0.15, 0.2) is 42.7 Å². The highest BCUT2D eigenvalue weighted by Gasteiger charge is 2.06. The second kappa shape index (κ2) is 4.94. The van der Waals surface area contributed by atoms with E-state index in [0.29, 0.717) is 16.9 Å². The minimum atomic E-state index is -0.464. The molecule has 1 aromatic carbocycles. The lowest BCUT2D eigenvalue weighted by atomic mass is 10.2. The van der Waals surface area contributed by atoms with Gasteiger partial charge in [0.15, 0.2) is 11.4 Å². The Labute approximate surface area is 118 Å². The molecule has 0 spiro atoms. The van der Waals surface area contributed by atoms with E-state index in [9.17, 15) is 15.2 Å². The van der Waals surface area contributed by atoms with E-state index < -0.39 is 4.92 Å². The second-order valence-electron chi connectivity index (χ2n) is 4.15. The number of benzene rings is 1. The summed E-state index contributed by atoms with van der Waals surface area (Å²) in [4.78, 5) is 14.1. The molecule has 102 valence electrons. The summed E-state index contributed by atoms with van der Waals surface area (Å²) in [6.45, 7) is 0. The van der Waals surface area contributed by atoms with Gasteiger partial charge in [-0.25, -0.2) is 9.50 Å². The second-order valence-corrected chi connectivity index (χ2v) is 4.15. The van der Waals surface area contributed by atoms with Crippen molar-refractivity contribution < 1.29 is 10.0 Å². The Bertz CT molecular complexity index is 888. The van der Waals surface area contributed by atoms with Gasteiger partial charge in [0.1, 0.15) is 5.69 Å². The van der Waals surface area contributed by atoms with E-state index in [1.807, 2.05) is 0 Å². The lowest BCUT2D eigenvalue weighted by Gasteiger charge is -1.95. The lowest BCUT2D eigenvalue weighted by molar-refractivity contribution is -0.384. The molecule has 0 atom stereocenters. The van der Waals surface area contributed by atoms with Gasteiger partial charge in [-0.15, -0.1) is 0 Å². The third kappa shape index (κ3) is 2.37. The van der Waals surface area contributed by atoms with Crippen LogP contribution in [0.25, 0.3) is 5.65 Å². The highest BCUT2D eigenvalue weighted by molar-refractivity contribution is 5.54. The third-order valence-electron chi connectivity index (χ3n) is 2.79. The van der Waals surface area contributed by atoms with Crippen molar-refractivity contribution in [3.8, 4) is 17.6 Å². The molecule has 3 rings (SSSR count). The van der Waals surface area contributed by atoms with Crippen LogP contribution in [0.3, 0.4) is 0 Å². The molecule has 2 aromatic heterocycles. The van der Waals surface area contributed by atoms with Crippen molar-refractivity contribution in [1.82, 2.24) is 14.6 Å². The molecule has 0 fully saturated rings. The smallest absolute Gasteiger partial charge is 0.269 e. The predicted octanol–water partition coefficient (Wildman–Crippen LogP) is 1.74. The van der Waals surface area contributed by atoms with Crippen molar-refractivity contribution >= 4 is 11.3 Å². The zero-order valence-electron chi connectivity index (χ0n) is 10.6. The van der Waals surface area contributed by atoms with Crippen LogP contribution in [0, 0.1) is 22.0 Å². The van der Waals surface area contributed by atoms with Crippen molar-refractivity contribution in [3.05, 3.63) is 64.1 Å². The molecule has 0 saturated carbocycles. The predicted molar refractivity (Wildman–Crippen MR) is 73.7 cm³/mol. The molecule has 7 nitrogen and oxygen atoms in total. The topological polar surface area (TPSA) is 93.6 Å².